The van der Waals surface area contributed by atoms with Crippen LogP contribution in [-0.2, 0) is 11.2 Å². The number of hydrogen-bond donors (Lipinski definition) is 1. The highest BCUT2D eigenvalue weighted by molar-refractivity contribution is 5.87. The van der Waals surface area contributed by atoms with Crippen LogP contribution >= 0.6 is 0 Å². The Balaban J connectivity index is 1.58. The molecule has 0 bridgehead atoms. The van der Waals surface area contributed by atoms with Gasteiger partial charge in [0.25, 0.3) is 0 Å². The van der Waals surface area contributed by atoms with E-state index in [1.54, 1.807) is 0 Å². The number of aliphatic carboxylic acids is 1. The summed E-state index contributed by atoms with van der Waals surface area (Å²) in [5.41, 5.74) is 4.23. The molecular formula is C27H36N2O2. The van der Waals surface area contributed by atoms with Gasteiger partial charge >= 0.3 is 5.97 Å². The van der Waals surface area contributed by atoms with Crippen molar-refractivity contribution >= 4 is 5.97 Å². The van der Waals surface area contributed by atoms with Crippen molar-refractivity contribution in [2.24, 2.45) is 5.92 Å². The van der Waals surface area contributed by atoms with Crippen molar-refractivity contribution in [3.05, 3.63) is 59.4 Å². The number of nitrogens with zero attached hydrogens (tertiary/aromatic N) is 2. The highest BCUT2D eigenvalue weighted by Gasteiger charge is 2.27. The quantitative estimate of drug-likeness (QED) is 0.333. The average Bonchev–Trinajstić information content (AvgIpc) is 2.80. The maximum Gasteiger partial charge on any atom is 0.331 e. The molecule has 4 heteroatoms. The van der Waals surface area contributed by atoms with Crippen LogP contribution < -0.4 is 0 Å². The molecule has 2 aromatic rings. The molecule has 1 N–H and O–H groups in total. The molecule has 0 atom stereocenters. The van der Waals surface area contributed by atoms with Gasteiger partial charge in [-0.3, -0.25) is 0 Å². The van der Waals surface area contributed by atoms with Crippen LogP contribution in [0.2, 0.25) is 0 Å². The van der Waals surface area contributed by atoms with Gasteiger partial charge in [0.1, 0.15) is 0 Å². The number of benzene rings is 1. The molecule has 166 valence electrons. The molecule has 1 saturated carbocycles. The topological polar surface area (TPSA) is 63.1 Å². The average molecular weight is 421 g/mol. The van der Waals surface area contributed by atoms with Crippen LogP contribution in [0.5, 0.6) is 0 Å². The number of carboxylic acid groups (broad SMARTS) is 1. The van der Waals surface area contributed by atoms with E-state index in [0.717, 1.165) is 56.3 Å². The van der Waals surface area contributed by atoms with Crippen LogP contribution in [0.15, 0.2) is 48.3 Å². The number of aryl methyl sites for hydroxylation is 1. The first-order chi connectivity index (χ1) is 15.1. The van der Waals surface area contributed by atoms with Crippen molar-refractivity contribution in [3.63, 3.8) is 0 Å². The van der Waals surface area contributed by atoms with Crippen molar-refractivity contribution in [2.75, 3.05) is 0 Å². The van der Waals surface area contributed by atoms with Crippen LogP contribution in [0.3, 0.4) is 0 Å². The molecule has 3 rings (SSSR count). The molecule has 1 heterocycles. The number of rotatable bonds is 10. The number of allylic oxidation sites excluding steroid dienone is 1. The molecule has 4 nitrogen and oxygen atoms in total. The monoisotopic (exact) mass is 420 g/mol. The lowest BCUT2D eigenvalue weighted by atomic mass is 9.75. The summed E-state index contributed by atoms with van der Waals surface area (Å²) in [6.07, 6.45) is 16.4. The van der Waals surface area contributed by atoms with Crippen molar-refractivity contribution in [2.45, 2.75) is 84.0 Å². The molecule has 0 saturated heterocycles. The Kier molecular flexibility index (Phi) is 8.81. The van der Waals surface area contributed by atoms with Crippen molar-refractivity contribution in [1.29, 1.82) is 0 Å². The second kappa shape index (κ2) is 11.8. The largest absolute Gasteiger partial charge is 0.478 e. The van der Waals surface area contributed by atoms with E-state index in [4.69, 9.17) is 0 Å². The molecule has 1 aromatic heterocycles. The number of unbranched alkanes of at least 4 members (excludes halogenated alkanes) is 3. The summed E-state index contributed by atoms with van der Waals surface area (Å²) in [4.78, 5) is 20.8. The molecule has 1 aromatic carbocycles. The summed E-state index contributed by atoms with van der Waals surface area (Å²) in [5, 5.41) is 9.56. The molecule has 1 aliphatic carbocycles. The Morgan fingerprint density at radius 2 is 1.68 bits per heavy atom. The fourth-order valence-corrected chi connectivity index (χ4v) is 4.58. The maximum absolute atomic E-state index is 11.6. The molecule has 0 radical (unpaired) electrons. The molecule has 0 amide bonds. The van der Waals surface area contributed by atoms with Gasteiger partial charge in [0.05, 0.1) is 0 Å². The second-order valence-corrected chi connectivity index (χ2v) is 8.80. The standard InChI is InChI=1S/C27H36N2O2/c1-3-5-7-8-20-18-28-26(29-19-20)24-16-12-22(13-17-24)21-10-14-23(15-11-21)25(27(30)31)9-6-4-2/h9,12-13,16-19,21,23H,3-8,10-11,14-15H2,1-2H3,(H,30,31). The summed E-state index contributed by atoms with van der Waals surface area (Å²) >= 11 is 0. The van der Waals surface area contributed by atoms with Gasteiger partial charge in [-0.2, -0.15) is 0 Å². The van der Waals surface area contributed by atoms with E-state index in [-0.39, 0.29) is 5.92 Å². The zero-order chi connectivity index (χ0) is 22.1. The maximum atomic E-state index is 11.6. The van der Waals surface area contributed by atoms with E-state index in [2.05, 4.69) is 48.1 Å². The molecule has 0 unspecified atom stereocenters. The SMILES string of the molecule is CCCC=C(C(=O)O)C1CCC(c2ccc(-c3ncc(CCCCC)cn3)cc2)CC1. The molecule has 0 aliphatic heterocycles. The van der Waals surface area contributed by atoms with Crippen molar-refractivity contribution < 1.29 is 9.90 Å². The third-order valence-corrected chi connectivity index (χ3v) is 6.48. The molecular weight excluding hydrogens is 384 g/mol. The normalized spacial score (nSPS) is 19.4. The van der Waals surface area contributed by atoms with Gasteiger partial charge < -0.3 is 5.11 Å². The highest BCUT2D eigenvalue weighted by atomic mass is 16.4. The van der Waals surface area contributed by atoms with Crippen LogP contribution in [0, 0.1) is 5.92 Å². The van der Waals surface area contributed by atoms with Gasteiger partial charge in [0.2, 0.25) is 0 Å². The van der Waals surface area contributed by atoms with E-state index in [0.29, 0.717) is 11.5 Å². The molecule has 0 spiro atoms. The fourth-order valence-electron chi connectivity index (χ4n) is 4.58. The van der Waals surface area contributed by atoms with E-state index < -0.39 is 5.97 Å². The minimum atomic E-state index is -0.738. The number of hydrogen-bond acceptors (Lipinski definition) is 3. The lowest BCUT2D eigenvalue weighted by Crippen LogP contribution is -2.19. The van der Waals surface area contributed by atoms with E-state index in [9.17, 15) is 9.90 Å². The lowest BCUT2D eigenvalue weighted by molar-refractivity contribution is -0.133. The minimum Gasteiger partial charge on any atom is -0.478 e. The van der Waals surface area contributed by atoms with E-state index in [1.807, 2.05) is 18.5 Å². The van der Waals surface area contributed by atoms with Gasteiger partial charge in [0, 0.05) is 23.5 Å². The smallest absolute Gasteiger partial charge is 0.331 e. The van der Waals surface area contributed by atoms with Gasteiger partial charge in [-0.05, 0) is 67.9 Å². The molecule has 31 heavy (non-hydrogen) atoms. The Labute approximate surface area is 186 Å². The summed E-state index contributed by atoms with van der Waals surface area (Å²) in [5.74, 6) is 0.747. The Morgan fingerprint density at radius 3 is 2.26 bits per heavy atom. The predicted molar refractivity (Wildman–Crippen MR) is 126 cm³/mol. The lowest BCUT2D eigenvalue weighted by Gasteiger charge is -2.29. The summed E-state index contributed by atoms with van der Waals surface area (Å²) in [7, 11) is 0. The zero-order valence-electron chi connectivity index (χ0n) is 19.0. The van der Waals surface area contributed by atoms with Crippen LogP contribution in [-0.4, -0.2) is 21.0 Å². The van der Waals surface area contributed by atoms with E-state index in [1.165, 1.54) is 30.4 Å². The summed E-state index contributed by atoms with van der Waals surface area (Å²) < 4.78 is 0. The van der Waals surface area contributed by atoms with Gasteiger partial charge in [-0.25, -0.2) is 14.8 Å². The van der Waals surface area contributed by atoms with Crippen LogP contribution in [0.1, 0.15) is 88.7 Å². The Morgan fingerprint density at radius 1 is 1.00 bits per heavy atom. The fraction of sp³-hybridized carbons (Fsp3) is 0.519. The summed E-state index contributed by atoms with van der Waals surface area (Å²) in [6.45, 7) is 4.30. The van der Waals surface area contributed by atoms with Crippen molar-refractivity contribution in [3.8, 4) is 11.4 Å². The molecule has 1 aliphatic rings. The first kappa shape index (κ1) is 23.2. The zero-order valence-corrected chi connectivity index (χ0v) is 19.0. The first-order valence-electron chi connectivity index (χ1n) is 12.0. The van der Waals surface area contributed by atoms with Gasteiger partial charge in [-0.1, -0.05) is 63.5 Å². The third kappa shape index (κ3) is 6.49. The Bertz CT molecular complexity index is 848. The third-order valence-electron chi connectivity index (χ3n) is 6.48. The highest BCUT2D eigenvalue weighted by Crippen LogP contribution is 2.39. The van der Waals surface area contributed by atoms with E-state index >= 15 is 0 Å². The van der Waals surface area contributed by atoms with Crippen molar-refractivity contribution in [1.82, 2.24) is 9.97 Å². The first-order valence-corrected chi connectivity index (χ1v) is 12.0. The number of aromatic nitrogens is 2. The molecule has 1 fully saturated rings. The predicted octanol–water partition coefficient (Wildman–Crippen LogP) is 6.96. The summed E-state index contributed by atoms with van der Waals surface area (Å²) in [6, 6.07) is 8.64. The number of carbonyl (C=O) groups is 1. The minimum absolute atomic E-state index is 0.198. The second-order valence-electron chi connectivity index (χ2n) is 8.80. The Hall–Kier alpha value is -2.49. The number of carboxylic acids is 1. The van der Waals surface area contributed by atoms with Gasteiger partial charge in [0.15, 0.2) is 5.82 Å². The van der Waals surface area contributed by atoms with Crippen LogP contribution in [0.25, 0.3) is 11.4 Å². The van der Waals surface area contributed by atoms with Crippen LogP contribution in [0.4, 0.5) is 0 Å². The van der Waals surface area contributed by atoms with Gasteiger partial charge in [-0.15, -0.1) is 0 Å².